The monoisotopic (exact) mass is 241 g/mol. The Morgan fingerprint density at radius 2 is 2.44 bits per heavy atom. The average molecular weight is 241 g/mol. The first-order chi connectivity index (χ1) is 7.66. The van der Waals surface area contributed by atoms with E-state index in [0.717, 1.165) is 19.3 Å². The van der Waals surface area contributed by atoms with Crippen molar-refractivity contribution in [3.8, 4) is 0 Å². The minimum absolute atomic E-state index is 0.107. The van der Waals surface area contributed by atoms with E-state index in [0.29, 0.717) is 29.7 Å². The van der Waals surface area contributed by atoms with Gasteiger partial charge in [-0.1, -0.05) is 0 Å². The molecule has 7 heteroatoms. The summed E-state index contributed by atoms with van der Waals surface area (Å²) in [6.45, 7) is 0.624. The van der Waals surface area contributed by atoms with Crippen molar-refractivity contribution in [2.45, 2.75) is 38.3 Å². The van der Waals surface area contributed by atoms with Gasteiger partial charge in [0.25, 0.3) is 0 Å². The number of aromatic amines is 1. The minimum atomic E-state index is 0.107. The maximum Gasteiger partial charge on any atom is 0.220 e. The van der Waals surface area contributed by atoms with Gasteiger partial charge in [-0.05, 0) is 31.5 Å². The molecule has 1 aliphatic carbocycles. The topological polar surface area (TPSA) is 88.7 Å². The Kier molecular flexibility index (Phi) is 3.23. The Labute approximate surface area is 98.2 Å². The van der Waals surface area contributed by atoms with E-state index in [2.05, 4.69) is 15.5 Å². The van der Waals surface area contributed by atoms with Gasteiger partial charge in [0, 0.05) is 19.0 Å². The number of hydrogen-bond acceptors (Lipinski definition) is 4. The van der Waals surface area contributed by atoms with Crippen LogP contribution in [0.1, 0.15) is 25.7 Å². The second-order valence-electron chi connectivity index (χ2n) is 3.98. The lowest BCUT2D eigenvalue weighted by molar-refractivity contribution is -0.121. The third kappa shape index (κ3) is 2.82. The number of hydrogen-bond donors (Lipinski definition) is 3. The Balaban J connectivity index is 1.74. The summed E-state index contributed by atoms with van der Waals surface area (Å²) in [5.74, 6) is 0.476. The van der Waals surface area contributed by atoms with Crippen LogP contribution in [-0.2, 0) is 11.3 Å². The van der Waals surface area contributed by atoms with Crippen molar-refractivity contribution < 1.29 is 4.79 Å². The number of carbonyl (C=O) groups is 1. The van der Waals surface area contributed by atoms with Crippen LogP contribution in [0.25, 0.3) is 0 Å². The molecule has 16 heavy (non-hydrogen) atoms. The molecule has 0 atom stereocenters. The van der Waals surface area contributed by atoms with Crippen molar-refractivity contribution in [2.75, 3.05) is 5.73 Å². The van der Waals surface area contributed by atoms with E-state index in [1.165, 1.54) is 0 Å². The van der Waals surface area contributed by atoms with Crippen LogP contribution >= 0.6 is 12.2 Å². The fourth-order valence-electron chi connectivity index (χ4n) is 1.47. The maximum atomic E-state index is 11.4. The van der Waals surface area contributed by atoms with E-state index in [9.17, 15) is 4.79 Å². The number of H-pyrrole nitrogens is 1. The SMILES string of the molecule is Nc1n[nH]c(=S)n1CCCC(=O)NC1CC1. The smallest absolute Gasteiger partial charge is 0.220 e. The van der Waals surface area contributed by atoms with Gasteiger partial charge in [0.1, 0.15) is 0 Å². The molecule has 0 saturated heterocycles. The number of nitrogens with zero attached hydrogens (tertiary/aromatic N) is 2. The van der Waals surface area contributed by atoms with Crippen LogP contribution in [-0.4, -0.2) is 26.7 Å². The van der Waals surface area contributed by atoms with Crippen molar-refractivity contribution in [3.05, 3.63) is 4.77 Å². The molecular formula is C9H15N5OS. The van der Waals surface area contributed by atoms with Gasteiger partial charge in [-0.25, -0.2) is 5.10 Å². The van der Waals surface area contributed by atoms with Crippen molar-refractivity contribution in [3.63, 3.8) is 0 Å². The van der Waals surface area contributed by atoms with E-state index in [4.69, 9.17) is 18.0 Å². The summed E-state index contributed by atoms with van der Waals surface area (Å²) < 4.78 is 2.19. The first-order valence-corrected chi connectivity index (χ1v) is 5.77. The summed E-state index contributed by atoms with van der Waals surface area (Å²) in [5.41, 5.74) is 5.60. The first-order valence-electron chi connectivity index (χ1n) is 5.37. The molecule has 1 aliphatic rings. The van der Waals surface area contributed by atoms with Gasteiger partial charge in [0.2, 0.25) is 11.9 Å². The average Bonchev–Trinajstić information content (AvgIpc) is 2.99. The fraction of sp³-hybridized carbons (Fsp3) is 0.667. The summed E-state index contributed by atoms with van der Waals surface area (Å²) in [7, 11) is 0. The largest absolute Gasteiger partial charge is 0.368 e. The number of amides is 1. The molecule has 88 valence electrons. The zero-order chi connectivity index (χ0) is 11.5. The van der Waals surface area contributed by atoms with Crippen molar-refractivity contribution in [2.24, 2.45) is 0 Å². The molecule has 1 amide bonds. The van der Waals surface area contributed by atoms with Gasteiger partial charge in [-0.2, -0.15) is 0 Å². The Hall–Kier alpha value is -1.37. The standard InChI is InChI=1S/C9H15N5OS/c10-8-12-13-9(16)14(8)5-1-2-7(15)11-6-3-4-6/h6H,1-5H2,(H2,10,12)(H,11,15)(H,13,16). The first kappa shape index (κ1) is 11.1. The lowest BCUT2D eigenvalue weighted by Gasteiger charge is -2.04. The zero-order valence-electron chi connectivity index (χ0n) is 8.90. The van der Waals surface area contributed by atoms with Crippen molar-refractivity contribution in [1.82, 2.24) is 20.1 Å². The van der Waals surface area contributed by atoms with Gasteiger partial charge >= 0.3 is 0 Å². The molecule has 6 nitrogen and oxygen atoms in total. The van der Waals surface area contributed by atoms with Crippen LogP contribution in [0.5, 0.6) is 0 Å². The van der Waals surface area contributed by atoms with E-state index in [1.807, 2.05) is 0 Å². The number of nitrogens with two attached hydrogens (primary N) is 1. The second-order valence-corrected chi connectivity index (χ2v) is 4.37. The molecule has 0 bridgehead atoms. The zero-order valence-corrected chi connectivity index (χ0v) is 9.72. The van der Waals surface area contributed by atoms with Gasteiger partial charge in [-0.15, -0.1) is 5.10 Å². The predicted octanol–water partition coefficient (Wildman–Crippen LogP) is 0.582. The fourth-order valence-corrected chi connectivity index (χ4v) is 1.70. The van der Waals surface area contributed by atoms with Gasteiger partial charge in [-0.3, -0.25) is 9.36 Å². The number of aromatic nitrogens is 3. The lowest BCUT2D eigenvalue weighted by Crippen LogP contribution is -2.25. The summed E-state index contributed by atoms with van der Waals surface area (Å²) in [4.78, 5) is 11.4. The number of carbonyl (C=O) groups excluding carboxylic acids is 1. The van der Waals surface area contributed by atoms with Gasteiger partial charge < -0.3 is 11.1 Å². The molecule has 1 aromatic heterocycles. The van der Waals surface area contributed by atoms with Crippen LogP contribution in [0.2, 0.25) is 0 Å². The summed E-state index contributed by atoms with van der Waals surface area (Å²) >= 11 is 5.00. The quantitative estimate of drug-likeness (QED) is 0.658. The maximum absolute atomic E-state index is 11.4. The highest BCUT2D eigenvalue weighted by Gasteiger charge is 2.22. The predicted molar refractivity (Wildman–Crippen MR) is 62.2 cm³/mol. The second kappa shape index (κ2) is 4.65. The molecule has 1 fully saturated rings. The number of nitrogen functional groups attached to an aromatic ring is 1. The summed E-state index contributed by atoms with van der Waals surface area (Å²) in [6.07, 6.45) is 3.45. The van der Waals surface area contributed by atoms with Crippen LogP contribution in [0.4, 0.5) is 5.95 Å². The van der Waals surface area contributed by atoms with E-state index in [-0.39, 0.29) is 5.91 Å². The van der Waals surface area contributed by atoms with Crippen molar-refractivity contribution in [1.29, 1.82) is 0 Å². The highest BCUT2D eigenvalue weighted by molar-refractivity contribution is 7.71. The molecule has 4 N–H and O–H groups in total. The minimum Gasteiger partial charge on any atom is -0.368 e. The van der Waals surface area contributed by atoms with Crippen LogP contribution in [0, 0.1) is 4.77 Å². The Morgan fingerprint density at radius 3 is 3.00 bits per heavy atom. The molecule has 0 spiro atoms. The summed E-state index contributed by atoms with van der Waals surface area (Å²) in [5, 5.41) is 9.34. The highest BCUT2D eigenvalue weighted by Crippen LogP contribution is 2.18. The van der Waals surface area contributed by atoms with E-state index < -0.39 is 0 Å². The third-order valence-electron chi connectivity index (χ3n) is 2.52. The number of anilines is 1. The molecule has 2 rings (SSSR count). The Morgan fingerprint density at radius 1 is 1.69 bits per heavy atom. The Bertz CT molecular complexity index is 433. The molecule has 0 radical (unpaired) electrons. The lowest BCUT2D eigenvalue weighted by atomic mass is 10.3. The van der Waals surface area contributed by atoms with Crippen LogP contribution in [0.3, 0.4) is 0 Å². The molecule has 1 saturated carbocycles. The molecule has 1 aromatic rings. The van der Waals surface area contributed by atoms with E-state index >= 15 is 0 Å². The highest BCUT2D eigenvalue weighted by atomic mass is 32.1. The number of nitrogens with one attached hydrogen (secondary N) is 2. The summed E-state index contributed by atoms with van der Waals surface area (Å²) in [6, 6.07) is 0.425. The van der Waals surface area contributed by atoms with Gasteiger partial charge in [0.05, 0.1) is 0 Å². The number of rotatable bonds is 5. The van der Waals surface area contributed by atoms with Crippen LogP contribution in [0.15, 0.2) is 0 Å². The normalized spacial score (nSPS) is 15.0. The molecule has 1 heterocycles. The molecule has 0 aliphatic heterocycles. The molecule has 0 aromatic carbocycles. The van der Waals surface area contributed by atoms with Gasteiger partial charge in [0.15, 0.2) is 4.77 Å². The molecular weight excluding hydrogens is 226 g/mol. The van der Waals surface area contributed by atoms with E-state index in [1.54, 1.807) is 4.57 Å². The molecule has 0 unspecified atom stereocenters. The van der Waals surface area contributed by atoms with Crippen LogP contribution < -0.4 is 11.1 Å². The third-order valence-corrected chi connectivity index (χ3v) is 2.83. The van der Waals surface area contributed by atoms with Crippen molar-refractivity contribution >= 4 is 24.1 Å².